The van der Waals surface area contributed by atoms with Crippen LogP contribution in [0.15, 0.2) is 109 Å². The van der Waals surface area contributed by atoms with Crippen LogP contribution in [0.4, 0.5) is 0 Å². The van der Waals surface area contributed by atoms with Gasteiger partial charge in [0.2, 0.25) is 0 Å². The third-order valence-electron chi connectivity index (χ3n) is 11.9. The standard InChI is InChI=1S/C56H60N2OSe2/c1-33-45-23-25-57-47(51(45)60-49(33)35-15-19-39(20-16-35)53(3,4)5)37-27-41(55(9,10)11)31-43(29-37)59-44-30-38(28-42(32-44)56(12,13)14)48-52-46(24-26-58-48)34(2)50(61-52)36-17-21-40(22-18-36)54(6,7)8/h15-32H,1-14H3/i25D,26D. The monoisotopic (exact) mass is 938 g/mol. The normalized spacial score (nSPS) is 13.2. The summed E-state index contributed by atoms with van der Waals surface area (Å²) >= 11 is -0.00498. The van der Waals surface area contributed by atoms with E-state index in [1.807, 2.05) is 12.1 Å². The minimum atomic E-state index is -0.176. The first kappa shape index (κ1) is 40.6. The molecule has 4 aromatic carbocycles. The molecule has 0 aliphatic carbocycles. The van der Waals surface area contributed by atoms with Crippen LogP contribution < -0.4 is 4.74 Å². The van der Waals surface area contributed by atoms with Gasteiger partial charge in [-0.05, 0) is 0 Å². The Labute approximate surface area is 379 Å². The summed E-state index contributed by atoms with van der Waals surface area (Å²) in [5.41, 5.74) is 13.3. The van der Waals surface area contributed by atoms with Gasteiger partial charge in [0.1, 0.15) is 0 Å². The van der Waals surface area contributed by atoms with Crippen LogP contribution in [0.3, 0.4) is 0 Å². The molecule has 0 bridgehead atoms. The molecule has 0 saturated carbocycles. The maximum absolute atomic E-state index is 8.90. The van der Waals surface area contributed by atoms with Crippen LogP contribution in [0.5, 0.6) is 11.5 Å². The molecule has 3 nitrogen and oxygen atoms in total. The molecular weight excluding hydrogens is 875 g/mol. The van der Waals surface area contributed by atoms with Gasteiger partial charge in [-0.25, -0.2) is 0 Å². The fraction of sp³-hybridized carbons (Fsp3) is 0.321. The molecular formula is C56H60N2OSe2. The Morgan fingerprint density at radius 2 is 0.770 bits per heavy atom. The predicted octanol–water partition coefficient (Wildman–Crippen LogP) is 15.2. The summed E-state index contributed by atoms with van der Waals surface area (Å²) in [6.07, 6.45) is 0.532. The minimum absolute atomic E-state index is 0.00249. The number of benzene rings is 4. The zero-order valence-corrected chi connectivity index (χ0v) is 41.8. The summed E-state index contributed by atoms with van der Waals surface area (Å²) in [6.45, 7) is 31.3. The van der Waals surface area contributed by atoms with Crippen LogP contribution in [0.1, 0.15) is 119 Å². The second-order valence-corrected chi connectivity index (χ2v) is 25.1. The first-order valence-corrected chi connectivity index (χ1v) is 24.8. The van der Waals surface area contributed by atoms with Crippen LogP contribution in [0.25, 0.3) is 61.8 Å². The molecule has 0 atom stereocenters. The molecule has 0 N–H and O–H groups in total. The van der Waals surface area contributed by atoms with E-state index in [4.69, 9.17) is 17.4 Å². The van der Waals surface area contributed by atoms with E-state index in [0.717, 1.165) is 55.9 Å². The van der Waals surface area contributed by atoms with Gasteiger partial charge in [0.15, 0.2) is 0 Å². The summed E-state index contributed by atoms with van der Waals surface area (Å²) in [5, 5.41) is 2.25. The van der Waals surface area contributed by atoms with Crippen molar-refractivity contribution in [2.75, 3.05) is 0 Å². The number of hydrogen-bond acceptors (Lipinski definition) is 3. The van der Waals surface area contributed by atoms with Crippen molar-refractivity contribution >= 4 is 48.3 Å². The quantitative estimate of drug-likeness (QED) is 0.156. The van der Waals surface area contributed by atoms with E-state index in [9.17, 15) is 0 Å². The van der Waals surface area contributed by atoms with Crippen molar-refractivity contribution in [1.82, 2.24) is 9.97 Å². The molecule has 61 heavy (non-hydrogen) atoms. The first-order chi connectivity index (χ1) is 29.3. The Morgan fingerprint density at radius 3 is 1.10 bits per heavy atom. The number of aryl methyl sites for hydroxylation is 2. The topological polar surface area (TPSA) is 35.0 Å². The number of hydrogen-bond donors (Lipinski definition) is 0. The number of rotatable bonds is 6. The van der Waals surface area contributed by atoms with Gasteiger partial charge >= 0.3 is 381 Å². The predicted molar refractivity (Wildman–Crippen MR) is 263 cm³/mol. The Morgan fingerprint density at radius 1 is 0.426 bits per heavy atom. The number of aromatic nitrogens is 2. The second kappa shape index (κ2) is 15.7. The molecule has 0 radical (unpaired) electrons. The van der Waals surface area contributed by atoms with Gasteiger partial charge < -0.3 is 0 Å². The van der Waals surface area contributed by atoms with Crippen LogP contribution in [-0.4, -0.2) is 39.0 Å². The Bertz CT molecular complexity index is 2830. The number of fused-ring (bicyclic) bond motifs is 2. The van der Waals surface area contributed by atoms with Crippen molar-refractivity contribution in [3.05, 3.63) is 143 Å². The maximum atomic E-state index is 8.90. The van der Waals surface area contributed by atoms with Gasteiger partial charge in [0, 0.05) is 0 Å². The van der Waals surface area contributed by atoms with Gasteiger partial charge in [-0.1, -0.05) is 0 Å². The molecule has 0 spiro atoms. The van der Waals surface area contributed by atoms with Gasteiger partial charge in [0.25, 0.3) is 0 Å². The fourth-order valence-electron chi connectivity index (χ4n) is 7.95. The average Bonchev–Trinajstić information content (AvgIpc) is 3.71. The average molecular weight is 937 g/mol. The van der Waals surface area contributed by atoms with Gasteiger partial charge in [-0.3, -0.25) is 0 Å². The zero-order chi connectivity index (χ0) is 45.6. The molecule has 4 aromatic heterocycles. The van der Waals surface area contributed by atoms with Crippen molar-refractivity contribution < 1.29 is 7.48 Å². The molecule has 5 heteroatoms. The molecule has 0 aliphatic rings. The van der Waals surface area contributed by atoms with Crippen molar-refractivity contribution in [2.45, 2.75) is 119 Å². The molecule has 8 aromatic rings. The Kier molecular flexibility index (Phi) is 10.4. The van der Waals surface area contributed by atoms with Crippen LogP contribution >= 0.6 is 0 Å². The number of nitrogens with zero attached hydrogens (tertiary/aromatic N) is 2. The summed E-state index contributed by atoms with van der Waals surface area (Å²) in [4.78, 5) is 9.92. The zero-order valence-electron chi connectivity index (χ0n) is 40.4. The van der Waals surface area contributed by atoms with Crippen LogP contribution in [0.2, 0.25) is 0 Å². The van der Waals surface area contributed by atoms with E-state index in [-0.39, 0.29) is 63.0 Å². The summed E-state index contributed by atoms with van der Waals surface area (Å²) in [5.74, 6) is 1.45. The fourth-order valence-corrected chi connectivity index (χ4v) is 13.4. The third kappa shape index (κ3) is 8.65. The van der Waals surface area contributed by atoms with Gasteiger partial charge in [-0.15, -0.1) is 0 Å². The van der Waals surface area contributed by atoms with Gasteiger partial charge in [-0.2, -0.15) is 0 Å². The van der Waals surface area contributed by atoms with E-state index < -0.39 is 0 Å². The summed E-state index contributed by atoms with van der Waals surface area (Å²) < 4.78 is 29.9. The van der Waals surface area contributed by atoms with Crippen molar-refractivity contribution in [3.63, 3.8) is 0 Å². The van der Waals surface area contributed by atoms with Gasteiger partial charge in [0.05, 0.1) is 0 Å². The molecule has 0 fully saturated rings. The first-order valence-electron chi connectivity index (χ1n) is 22.4. The second-order valence-electron chi connectivity index (χ2n) is 20.8. The van der Waals surface area contributed by atoms with Crippen LogP contribution in [0, 0.1) is 13.8 Å². The van der Waals surface area contributed by atoms with Crippen molar-refractivity contribution in [3.8, 4) is 54.0 Å². The Balaban J connectivity index is 1.25. The van der Waals surface area contributed by atoms with E-state index in [1.165, 1.54) is 50.8 Å². The van der Waals surface area contributed by atoms with E-state index in [0.29, 0.717) is 0 Å². The molecule has 0 saturated heterocycles. The molecule has 8 rings (SSSR count). The molecule has 0 amide bonds. The molecule has 0 aliphatic heterocycles. The summed E-state index contributed by atoms with van der Waals surface area (Å²) in [6, 6.07) is 35.0. The van der Waals surface area contributed by atoms with E-state index in [1.54, 1.807) is 0 Å². The number of pyridine rings is 2. The summed E-state index contributed by atoms with van der Waals surface area (Å²) in [7, 11) is 0. The van der Waals surface area contributed by atoms with Crippen LogP contribution in [-0.2, 0) is 21.7 Å². The molecule has 312 valence electrons. The van der Waals surface area contributed by atoms with Crippen molar-refractivity contribution in [1.29, 1.82) is 0 Å². The van der Waals surface area contributed by atoms with Crippen molar-refractivity contribution in [2.24, 2.45) is 0 Å². The third-order valence-corrected chi connectivity index (χ3v) is 17.7. The molecule has 4 heterocycles. The Hall–Kier alpha value is -4.50. The SMILES string of the molecule is [2H]c1cc2c(C)c(-c3ccc(C(C)(C)C)cc3)[se]c2c(-c2cc(Oc3cc(-c4nc([2H])cc5c(C)c(-c6ccc(C(C)(C)C)cc6)[se]c45)cc(C(C)(C)C)c3)cc(C(C)(C)C)c2)n1. The molecule has 0 unspecified atom stereocenters. The van der Waals surface area contributed by atoms with E-state index in [2.05, 4.69) is 182 Å². The number of ether oxygens (including phenoxy) is 1. The van der Waals surface area contributed by atoms with E-state index >= 15 is 0 Å².